The summed E-state index contributed by atoms with van der Waals surface area (Å²) < 4.78 is 11.1. The second-order valence-corrected chi connectivity index (χ2v) is 6.85. The summed E-state index contributed by atoms with van der Waals surface area (Å²) in [6, 6.07) is 15.3. The van der Waals surface area contributed by atoms with Gasteiger partial charge in [-0.15, -0.1) is 0 Å². The Balaban J connectivity index is 1.49. The van der Waals surface area contributed by atoms with Crippen molar-refractivity contribution in [3.63, 3.8) is 0 Å². The number of aliphatic hydroxyl groups is 1. The number of amides is 1. The second-order valence-electron chi connectivity index (χ2n) is 6.85. The van der Waals surface area contributed by atoms with E-state index >= 15 is 0 Å². The Bertz CT molecular complexity index is 833. The van der Waals surface area contributed by atoms with Crippen molar-refractivity contribution < 1.29 is 19.4 Å². The van der Waals surface area contributed by atoms with Crippen molar-refractivity contribution in [1.82, 2.24) is 4.90 Å². The van der Waals surface area contributed by atoms with E-state index in [-0.39, 0.29) is 5.91 Å². The first-order valence-electron chi connectivity index (χ1n) is 9.34. The van der Waals surface area contributed by atoms with Crippen LogP contribution >= 0.6 is 0 Å². The Labute approximate surface area is 158 Å². The summed E-state index contributed by atoms with van der Waals surface area (Å²) in [5.74, 6) is 0.805. The maximum Gasteiger partial charge on any atom is 0.232 e. The molecular weight excluding hydrogens is 342 g/mol. The number of benzene rings is 2. The van der Waals surface area contributed by atoms with Crippen molar-refractivity contribution in [1.29, 1.82) is 0 Å². The highest BCUT2D eigenvalue weighted by Gasteiger charge is 2.34. The van der Waals surface area contributed by atoms with Gasteiger partial charge in [0.1, 0.15) is 13.2 Å². The van der Waals surface area contributed by atoms with Crippen molar-refractivity contribution >= 4 is 12.0 Å². The number of fused-ring (bicyclic) bond motifs is 1. The first kappa shape index (κ1) is 17.6. The Morgan fingerprint density at radius 3 is 2.67 bits per heavy atom. The molecule has 0 spiro atoms. The van der Waals surface area contributed by atoms with Gasteiger partial charge in [-0.05, 0) is 42.2 Å². The maximum atomic E-state index is 12.9. The van der Waals surface area contributed by atoms with Crippen LogP contribution in [0.1, 0.15) is 30.1 Å². The SMILES string of the molecule is O=C1[C@H]([C@H](O)c2ccc3c(c2)OCCO3)CCCN1/C=C/c1ccccc1. The molecular formula is C22H23NO4. The van der Waals surface area contributed by atoms with Crippen LogP contribution in [-0.2, 0) is 4.79 Å². The lowest BCUT2D eigenvalue weighted by molar-refractivity contribution is -0.139. The number of nitrogens with zero attached hydrogens (tertiary/aromatic N) is 1. The molecule has 2 aliphatic rings. The number of carbonyl (C=O) groups excluding carboxylic acids is 1. The van der Waals surface area contributed by atoms with E-state index in [0.717, 1.165) is 12.0 Å². The van der Waals surface area contributed by atoms with Crippen LogP contribution in [0.4, 0.5) is 0 Å². The zero-order valence-electron chi connectivity index (χ0n) is 15.1. The van der Waals surface area contributed by atoms with Gasteiger partial charge >= 0.3 is 0 Å². The quantitative estimate of drug-likeness (QED) is 0.902. The van der Waals surface area contributed by atoms with E-state index in [1.807, 2.05) is 48.7 Å². The molecule has 2 atom stereocenters. The summed E-state index contributed by atoms with van der Waals surface area (Å²) in [7, 11) is 0. The number of aliphatic hydroxyl groups excluding tert-OH is 1. The standard InChI is InChI=1S/C22H23NO4/c24-21(17-8-9-19-20(15-17)27-14-13-26-19)18-7-4-11-23(22(18)25)12-10-16-5-2-1-3-6-16/h1-3,5-6,8-10,12,15,18,21,24H,4,7,11,13-14H2/b12-10+/t18-,21+/m0/s1. The van der Waals surface area contributed by atoms with E-state index in [0.29, 0.717) is 43.2 Å². The molecule has 1 N–H and O–H groups in total. The highest BCUT2D eigenvalue weighted by atomic mass is 16.6. The highest BCUT2D eigenvalue weighted by Crippen LogP contribution is 2.37. The first-order valence-corrected chi connectivity index (χ1v) is 9.34. The van der Waals surface area contributed by atoms with Crippen molar-refractivity contribution in [2.45, 2.75) is 18.9 Å². The first-order chi connectivity index (χ1) is 13.2. The third kappa shape index (κ3) is 3.83. The molecule has 0 saturated carbocycles. The molecule has 5 nitrogen and oxygen atoms in total. The molecule has 0 bridgehead atoms. The molecule has 1 fully saturated rings. The van der Waals surface area contributed by atoms with Gasteiger partial charge in [0.25, 0.3) is 0 Å². The fraction of sp³-hybridized carbons (Fsp3) is 0.318. The number of rotatable bonds is 4. The van der Waals surface area contributed by atoms with Crippen LogP contribution in [0.15, 0.2) is 54.7 Å². The Kier molecular flexibility index (Phi) is 5.12. The summed E-state index contributed by atoms with van der Waals surface area (Å²) in [4.78, 5) is 14.6. The Morgan fingerprint density at radius 2 is 1.85 bits per heavy atom. The van der Waals surface area contributed by atoms with Crippen LogP contribution in [0, 0.1) is 5.92 Å². The molecule has 0 aromatic heterocycles. The third-order valence-corrected chi connectivity index (χ3v) is 5.05. The molecule has 140 valence electrons. The molecule has 2 aromatic carbocycles. The smallest absolute Gasteiger partial charge is 0.232 e. The van der Waals surface area contributed by atoms with Gasteiger partial charge in [-0.1, -0.05) is 36.4 Å². The molecule has 2 heterocycles. The maximum absolute atomic E-state index is 12.9. The normalized spacial score (nSPS) is 20.7. The molecule has 1 amide bonds. The fourth-order valence-electron chi connectivity index (χ4n) is 3.59. The number of likely N-dealkylation sites (tertiary alicyclic amines) is 1. The van der Waals surface area contributed by atoms with Crippen LogP contribution < -0.4 is 9.47 Å². The number of hydrogen-bond donors (Lipinski definition) is 1. The highest BCUT2D eigenvalue weighted by molar-refractivity contribution is 5.82. The third-order valence-electron chi connectivity index (χ3n) is 5.05. The van der Waals surface area contributed by atoms with Gasteiger partial charge in [-0.3, -0.25) is 4.79 Å². The molecule has 1 saturated heterocycles. The minimum Gasteiger partial charge on any atom is -0.486 e. The van der Waals surface area contributed by atoms with Gasteiger partial charge in [0.05, 0.1) is 12.0 Å². The fourth-order valence-corrected chi connectivity index (χ4v) is 3.59. The van der Waals surface area contributed by atoms with E-state index in [4.69, 9.17) is 9.47 Å². The van der Waals surface area contributed by atoms with E-state index in [9.17, 15) is 9.90 Å². The van der Waals surface area contributed by atoms with Gasteiger partial charge in [0.15, 0.2) is 11.5 Å². The molecule has 0 radical (unpaired) electrons. The topological polar surface area (TPSA) is 59.0 Å². The Hall–Kier alpha value is -2.79. The number of carbonyl (C=O) groups is 1. The molecule has 5 heteroatoms. The Morgan fingerprint density at radius 1 is 1.07 bits per heavy atom. The van der Waals surface area contributed by atoms with Crippen LogP contribution in [0.3, 0.4) is 0 Å². The number of ether oxygens (including phenoxy) is 2. The summed E-state index contributed by atoms with van der Waals surface area (Å²) in [5, 5.41) is 10.9. The average molecular weight is 365 g/mol. The van der Waals surface area contributed by atoms with Gasteiger partial charge in [-0.25, -0.2) is 0 Å². The summed E-state index contributed by atoms with van der Waals surface area (Å²) in [6.07, 6.45) is 4.42. The largest absolute Gasteiger partial charge is 0.486 e. The predicted molar refractivity (Wildman–Crippen MR) is 102 cm³/mol. The molecule has 2 aromatic rings. The lowest BCUT2D eigenvalue weighted by Crippen LogP contribution is -2.40. The number of piperidine rings is 1. The van der Waals surface area contributed by atoms with Gasteiger partial charge in [0.2, 0.25) is 5.91 Å². The summed E-state index contributed by atoms with van der Waals surface area (Å²) in [5.41, 5.74) is 1.73. The van der Waals surface area contributed by atoms with Crippen LogP contribution in [0.2, 0.25) is 0 Å². The summed E-state index contributed by atoms with van der Waals surface area (Å²) >= 11 is 0. The minimum absolute atomic E-state index is 0.0455. The lowest BCUT2D eigenvalue weighted by Gasteiger charge is -2.33. The van der Waals surface area contributed by atoms with E-state index in [1.165, 1.54) is 0 Å². The van der Waals surface area contributed by atoms with Crippen LogP contribution in [0.25, 0.3) is 6.08 Å². The minimum atomic E-state index is -0.860. The summed E-state index contributed by atoms with van der Waals surface area (Å²) in [6.45, 7) is 1.69. The monoisotopic (exact) mass is 365 g/mol. The van der Waals surface area contributed by atoms with Gasteiger partial charge in [0, 0.05) is 12.7 Å². The second kappa shape index (κ2) is 7.84. The van der Waals surface area contributed by atoms with E-state index in [2.05, 4.69) is 0 Å². The number of hydrogen-bond acceptors (Lipinski definition) is 4. The van der Waals surface area contributed by atoms with E-state index < -0.39 is 12.0 Å². The molecule has 0 aliphatic carbocycles. The lowest BCUT2D eigenvalue weighted by atomic mass is 9.87. The van der Waals surface area contributed by atoms with Crippen molar-refractivity contribution in [2.75, 3.05) is 19.8 Å². The predicted octanol–water partition coefficient (Wildman–Crippen LogP) is 3.40. The zero-order chi connectivity index (χ0) is 18.6. The molecule has 4 rings (SSSR count). The zero-order valence-corrected chi connectivity index (χ0v) is 15.1. The molecule has 2 aliphatic heterocycles. The van der Waals surface area contributed by atoms with Gasteiger partial charge in [-0.2, -0.15) is 0 Å². The van der Waals surface area contributed by atoms with Crippen LogP contribution in [-0.4, -0.2) is 35.7 Å². The molecule has 0 unspecified atom stereocenters. The van der Waals surface area contributed by atoms with E-state index in [1.54, 1.807) is 17.0 Å². The molecule has 27 heavy (non-hydrogen) atoms. The van der Waals surface area contributed by atoms with Crippen molar-refractivity contribution in [3.05, 3.63) is 65.9 Å². The van der Waals surface area contributed by atoms with Crippen LogP contribution in [0.5, 0.6) is 11.5 Å². The average Bonchev–Trinajstić information content (AvgIpc) is 2.73. The van der Waals surface area contributed by atoms with Crippen molar-refractivity contribution in [3.8, 4) is 11.5 Å². The van der Waals surface area contributed by atoms with Gasteiger partial charge < -0.3 is 19.5 Å². The van der Waals surface area contributed by atoms with Crippen molar-refractivity contribution in [2.24, 2.45) is 5.92 Å².